The van der Waals surface area contributed by atoms with Crippen molar-refractivity contribution in [3.8, 4) is 23.0 Å². The minimum Gasteiger partial charge on any atom is -0.872 e. The molecule has 1 aliphatic carbocycles. The molecule has 0 amide bonds. The molecular formula is C30H22O18S4-4. The number of fused-ring (bicyclic) bond motifs is 8. The molecule has 0 heterocycles. The first-order valence-corrected chi connectivity index (χ1v) is 20.0. The Bertz CT molecular complexity index is 2490. The van der Waals surface area contributed by atoms with Crippen LogP contribution in [0.3, 0.4) is 0 Å². The van der Waals surface area contributed by atoms with E-state index in [9.17, 15) is 77.1 Å². The zero-order chi connectivity index (χ0) is 38.7. The van der Waals surface area contributed by atoms with Crippen molar-refractivity contribution in [1.82, 2.24) is 0 Å². The lowest BCUT2D eigenvalue weighted by Gasteiger charge is -2.27. The van der Waals surface area contributed by atoms with Gasteiger partial charge in [-0.2, -0.15) is 33.7 Å². The first-order valence-electron chi connectivity index (χ1n) is 14.2. The number of carbonyl (C=O) groups is 1. The van der Waals surface area contributed by atoms with Crippen molar-refractivity contribution in [1.29, 1.82) is 0 Å². The molecule has 0 unspecified atom stereocenters. The zero-order valence-electron chi connectivity index (χ0n) is 25.8. The van der Waals surface area contributed by atoms with Crippen LogP contribution in [0.1, 0.15) is 44.5 Å². The van der Waals surface area contributed by atoms with Gasteiger partial charge in [0.15, 0.2) is 0 Å². The molecule has 0 fully saturated rings. The van der Waals surface area contributed by atoms with Crippen LogP contribution in [0.2, 0.25) is 0 Å². The molecule has 278 valence electrons. The molecule has 22 heteroatoms. The molecule has 0 saturated carbocycles. The normalized spacial score (nSPS) is 13.8. The summed E-state index contributed by atoms with van der Waals surface area (Å²) in [6.07, 6.45) is -3.46. The van der Waals surface area contributed by atoms with Crippen LogP contribution in [0.5, 0.6) is 23.0 Å². The van der Waals surface area contributed by atoms with Crippen LogP contribution in [0, 0.1) is 0 Å². The Balaban J connectivity index is 1.96. The highest BCUT2D eigenvalue weighted by atomic mass is 32.2. The van der Waals surface area contributed by atoms with Crippen molar-refractivity contribution in [2.45, 2.75) is 45.3 Å². The summed E-state index contributed by atoms with van der Waals surface area (Å²) in [7, 11) is -20.5. The standard InChI is InChI=1S/C30H26O18S4/c31-26(32)13-48-30-20-3-18-9-23(50(39,40)41)7-16(28(18)34)1-14-5-22(49(36,37)38)6-15(27(14)33)2-17-8-24(51(42,43)44)10-19(29(17)35)4-21(30)12-25(11-20)52(45,46)47/h5-12,33-35H,1-4,13H2,(H,31,32)(H,36,37,38)(H,39,40,41)(H,42,43,44)(H,45,46,47)/p-4. The van der Waals surface area contributed by atoms with Gasteiger partial charge in [0.25, 0.3) is 40.5 Å². The fourth-order valence-corrected chi connectivity index (χ4v) is 8.00. The Morgan fingerprint density at radius 1 is 0.481 bits per heavy atom. The maximum atomic E-state index is 13.8. The summed E-state index contributed by atoms with van der Waals surface area (Å²) in [4.78, 5) is 7.73. The van der Waals surface area contributed by atoms with Crippen molar-refractivity contribution in [3.63, 3.8) is 0 Å². The number of rotatable bonds is 7. The Kier molecular flexibility index (Phi) is 9.83. The minimum absolute atomic E-state index is 0.437. The van der Waals surface area contributed by atoms with Crippen LogP contribution < -0.4 is 25.2 Å². The van der Waals surface area contributed by atoms with E-state index in [-0.39, 0.29) is 0 Å². The molecule has 8 bridgehead atoms. The lowest BCUT2D eigenvalue weighted by molar-refractivity contribution is -0.307. The Labute approximate surface area is 295 Å². The van der Waals surface area contributed by atoms with Gasteiger partial charge in [-0.1, -0.05) is 0 Å². The van der Waals surface area contributed by atoms with E-state index in [0.29, 0.717) is 48.5 Å². The zero-order valence-corrected chi connectivity index (χ0v) is 29.1. The summed E-state index contributed by atoms with van der Waals surface area (Å²) in [5, 5.41) is 52.7. The highest BCUT2D eigenvalue weighted by Gasteiger charge is 2.24. The van der Waals surface area contributed by atoms with E-state index in [4.69, 9.17) is 4.74 Å². The van der Waals surface area contributed by atoms with Gasteiger partial charge in [0.05, 0.1) is 25.6 Å². The second-order valence-electron chi connectivity index (χ2n) is 11.6. The summed E-state index contributed by atoms with van der Waals surface area (Å²) in [6.45, 7) is -1.23. The van der Waals surface area contributed by atoms with E-state index in [1.807, 2.05) is 0 Å². The second kappa shape index (κ2) is 13.3. The van der Waals surface area contributed by atoms with Gasteiger partial charge >= 0.3 is 0 Å². The molecule has 1 aliphatic rings. The van der Waals surface area contributed by atoms with Crippen molar-refractivity contribution in [2.24, 2.45) is 0 Å². The third kappa shape index (κ3) is 8.13. The maximum absolute atomic E-state index is 13.8. The molecule has 0 atom stereocenters. The molecule has 0 saturated heterocycles. The van der Waals surface area contributed by atoms with E-state index >= 15 is 0 Å². The monoisotopic (exact) mass is 798 g/mol. The van der Waals surface area contributed by atoms with Crippen LogP contribution in [-0.2, 0) is 71.0 Å². The summed E-state index contributed by atoms with van der Waals surface area (Å²) in [6, 6.07) is 5.32. The van der Waals surface area contributed by atoms with Gasteiger partial charge < -0.3 is 30.0 Å². The van der Waals surface area contributed by atoms with Crippen LogP contribution in [-0.4, -0.2) is 64.5 Å². The molecule has 0 aromatic heterocycles. The van der Waals surface area contributed by atoms with Crippen LogP contribution >= 0.6 is 0 Å². The molecule has 18 nitrogen and oxygen atoms in total. The minimum atomic E-state index is -5.15. The molecular weight excluding hydrogens is 777 g/mol. The number of carboxylic acid groups (broad SMARTS) is 1. The van der Waals surface area contributed by atoms with E-state index in [1.165, 1.54) is 0 Å². The summed E-state index contributed by atoms with van der Waals surface area (Å²) >= 11 is 0. The lowest BCUT2D eigenvalue weighted by atomic mass is 9.91. The molecule has 52 heavy (non-hydrogen) atoms. The third-order valence-corrected chi connectivity index (χ3v) is 11.2. The summed E-state index contributed by atoms with van der Waals surface area (Å²) < 4.78 is 143. The number of ether oxygens (including phenoxy) is 1. The van der Waals surface area contributed by atoms with Crippen LogP contribution in [0.15, 0.2) is 68.1 Å². The number of hydrogen-bond donors (Lipinski definition) is 4. The molecule has 4 N–H and O–H groups in total. The molecule has 0 radical (unpaired) electrons. The predicted molar refractivity (Wildman–Crippen MR) is 165 cm³/mol. The van der Waals surface area contributed by atoms with Gasteiger partial charge in [-0.05, 0) is 94.8 Å². The van der Waals surface area contributed by atoms with E-state index in [1.54, 1.807) is 0 Å². The third-order valence-electron chi connectivity index (χ3n) is 7.91. The number of benzene rings is 4. The smallest absolute Gasteiger partial charge is 0.294 e. The number of carbonyl (C=O) groups excluding carboxylic acids is 1. The van der Waals surface area contributed by atoms with Crippen LogP contribution in [0.25, 0.3) is 0 Å². The van der Waals surface area contributed by atoms with Crippen molar-refractivity contribution in [2.75, 3.05) is 6.61 Å². The van der Waals surface area contributed by atoms with Crippen molar-refractivity contribution in [3.05, 3.63) is 93.0 Å². The lowest BCUT2D eigenvalue weighted by Crippen LogP contribution is -2.29. The fourth-order valence-electron chi connectivity index (χ4n) is 5.67. The molecule has 5 rings (SSSR count). The molecule has 4 aromatic carbocycles. The van der Waals surface area contributed by atoms with E-state index in [0.717, 1.165) is 0 Å². The largest absolute Gasteiger partial charge is 0.872 e. The van der Waals surface area contributed by atoms with Crippen molar-refractivity contribution >= 4 is 46.4 Å². The molecule has 0 spiro atoms. The maximum Gasteiger partial charge on any atom is 0.294 e. The van der Waals surface area contributed by atoms with Gasteiger partial charge in [0, 0.05) is 24.0 Å². The fraction of sp³-hybridized carbons (Fsp3) is 0.167. The highest BCUT2D eigenvalue weighted by Crippen LogP contribution is 2.39. The summed E-state index contributed by atoms with van der Waals surface area (Å²) in [5.41, 5.74) is -4.28. The Morgan fingerprint density at radius 2 is 0.692 bits per heavy atom. The Morgan fingerprint density at radius 3 is 0.904 bits per heavy atom. The number of aliphatic carboxylic acids is 1. The average Bonchev–Trinajstić information content (AvgIpc) is 2.99. The second-order valence-corrected chi connectivity index (χ2v) is 17.2. The molecule has 4 aromatic rings. The highest BCUT2D eigenvalue weighted by molar-refractivity contribution is 7.86. The van der Waals surface area contributed by atoms with Crippen LogP contribution in [0.4, 0.5) is 0 Å². The van der Waals surface area contributed by atoms with E-state index < -0.39 is 166 Å². The SMILES string of the molecule is O=C([O-])COc1c2cc(S(=O)(=O)O)cc1Cc1cc(S(=O)(=O)O)cc(c1[O-])Cc1cc(S(=O)(=O)O)cc(c1[O-])Cc1cc(S(=O)(=O)O)cc(c1[O-])C2. The molecule has 0 aliphatic heterocycles. The van der Waals surface area contributed by atoms with Gasteiger partial charge in [-0.3, -0.25) is 18.2 Å². The van der Waals surface area contributed by atoms with Gasteiger partial charge in [0.1, 0.15) is 12.4 Å². The first-order chi connectivity index (χ1) is 23.8. The topological polar surface area (TPSA) is 336 Å². The quantitative estimate of drug-likeness (QED) is 0.139. The Hall–Kier alpha value is -4.81. The average molecular weight is 799 g/mol. The van der Waals surface area contributed by atoms with Gasteiger partial charge in [-0.15, -0.1) is 17.2 Å². The van der Waals surface area contributed by atoms with Gasteiger partial charge in [-0.25, -0.2) is 0 Å². The number of hydrogen-bond acceptors (Lipinski definition) is 14. The number of carboxylic acids is 1. The van der Waals surface area contributed by atoms with E-state index in [2.05, 4.69) is 0 Å². The summed E-state index contributed by atoms with van der Waals surface area (Å²) in [5.74, 6) is -5.52. The first kappa shape index (κ1) is 38.4. The predicted octanol–water partition coefficient (Wildman–Crippen LogP) is -1.30. The van der Waals surface area contributed by atoms with Gasteiger partial charge in [0.2, 0.25) is 0 Å². The van der Waals surface area contributed by atoms with Crippen molar-refractivity contribution < 1.29 is 81.8 Å².